The monoisotopic (exact) mass is 392 g/mol. The van der Waals surface area contributed by atoms with Gasteiger partial charge >= 0.3 is 6.09 Å². The standard InChI is InChI=1S/C22H24N4O3/c23-20-8-6-15(12-25-20)7-9-21(27)24-11-10-17-18-13-26(14-19(17)18)22(28)29-16-4-2-1-3-5-16/h1-9,12,17-19H,10-11,13-14H2,(H2,23,25)(H,24,27)/b9-7+. The highest BCUT2D eigenvalue weighted by Gasteiger charge is 2.56. The van der Waals surface area contributed by atoms with E-state index in [9.17, 15) is 9.59 Å². The van der Waals surface area contributed by atoms with E-state index in [1.807, 2.05) is 24.3 Å². The summed E-state index contributed by atoms with van der Waals surface area (Å²) in [6.07, 6.45) is 5.49. The van der Waals surface area contributed by atoms with Gasteiger partial charge in [-0.25, -0.2) is 9.78 Å². The fourth-order valence-electron chi connectivity index (χ4n) is 3.99. The number of nitrogen functional groups attached to an aromatic ring is 1. The van der Waals surface area contributed by atoms with Crippen LogP contribution in [-0.2, 0) is 4.79 Å². The molecule has 2 aliphatic rings. The van der Waals surface area contributed by atoms with Gasteiger partial charge in [0.25, 0.3) is 0 Å². The van der Waals surface area contributed by atoms with Gasteiger partial charge in [0.1, 0.15) is 11.6 Å². The molecule has 1 aliphatic carbocycles. The van der Waals surface area contributed by atoms with E-state index < -0.39 is 0 Å². The number of carbonyl (C=O) groups is 2. The van der Waals surface area contributed by atoms with E-state index in [1.165, 1.54) is 6.08 Å². The van der Waals surface area contributed by atoms with E-state index >= 15 is 0 Å². The number of amides is 2. The van der Waals surface area contributed by atoms with Crippen molar-refractivity contribution in [2.75, 3.05) is 25.4 Å². The second-order valence-corrected chi connectivity index (χ2v) is 7.51. The quantitative estimate of drug-likeness (QED) is 0.737. The van der Waals surface area contributed by atoms with Crippen molar-refractivity contribution in [2.45, 2.75) is 6.42 Å². The lowest BCUT2D eigenvalue weighted by atomic mass is 10.2. The van der Waals surface area contributed by atoms with Gasteiger partial charge in [0.05, 0.1) is 0 Å². The average molecular weight is 392 g/mol. The Kier molecular flexibility index (Phi) is 5.46. The van der Waals surface area contributed by atoms with Crippen LogP contribution in [0, 0.1) is 17.8 Å². The number of benzene rings is 1. The Hall–Kier alpha value is -3.35. The van der Waals surface area contributed by atoms with Crippen LogP contribution in [0.15, 0.2) is 54.7 Å². The number of likely N-dealkylation sites (tertiary alicyclic amines) is 1. The Morgan fingerprint density at radius 2 is 1.93 bits per heavy atom. The SMILES string of the molecule is Nc1ccc(/C=C/C(=O)NCCC2C3CN(C(=O)Oc4ccccc4)CC23)cn1. The molecule has 2 atom stereocenters. The number of hydrogen-bond acceptors (Lipinski definition) is 5. The number of piperidine rings is 1. The number of rotatable bonds is 6. The molecule has 2 unspecified atom stereocenters. The van der Waals surface area contributed by atoms with Crippen LogP contribution in [0.2, 0.25) is 0 Å². The molecule has 7 nitrogen and oxygen atoms in total. The Balaban J connectivity index is 1.14. The molecular weight excluding hydrogens is 368 g/mol. The van der Waals surface area contributed by atoms with Gasteiger partial charge < -0.3 is 20.7 Å². The Labute approximate surface area is 169 Å². The average Bonchev–Trinajstić information content (AvgIpc) is 3.17. The van der Waals surface area contributed by atoms with E-state index in [0.29, 0.717) is 35.9 Å². The number of pyridine rings is 1. The molecule has 1 aromatic carbocycles. The first kappa shape index (κ1) is 19.0. The van der Waals surface area contributed by atoms with Crippen LogP contribution >= 0.6 is 0 Å². The van der Waals surface area contributed by atoms with Gasteiger partial charge in [0, 0.05) is 31.9 Å². The molecule has 1 saturated carbocycles. The topological polar surface area (TPSA) is 97.6 Å². The van der Waals surface area contributed by atoms with Gasteiger partial charge in [-0.1, -0.05) is 18.2 Å². The van der Waals surface area contributed by atoms with Crippen LogP contribution in [-0.4, -0.2) is 41.5 Å². The van der Waals surface area contributed by atoms with Crippen molar-refractivity contribution in [2.24, 2.45) is 17.8 Å². The molecule has 2 fully saturated rings. The second kappa shape index (κ2) is 8.34. The van der Waals surface area contributed by atoms with E-state index in [1.54, 1.807) is 35.4 Å². The maximum Gasteiger partial charge on any atom is 0.415 e. The van der Waals surface area contributed by atoms with Gasteiger partial charge in [-0.3, -0.25) is 4.79 Å². The normalized spacial score (nSPS) is 22.3. The lowest BCUT2D eigenvalue weighted by Gasteiger charge is -2.19. The predicted molar refractivity (Wildman–Crippen MR) is 110 cm³/mol. The van der Waals surface area contributed by atoms with Crippen LogP contribution in [0.4, 0.5) is 10.6 Å². The molecule has 2 aromatic rings. The number of nitrogens with one attached hydrogen (secondary N) is 1. The summed E-state index contributed by atoms with van der Waals surface area (Å²) in [4.78, 5) is 29.9. The molecule has 3 N–H and O–H groups in total. The zero-order valence-corrected chi connectivity index (χ0v) is 16.0. The lowest BCUT2D eigenvalue weighted by Crippen LogP contribution is -2.34. The largest absolute Gasteiger partial charge is 0.415 e. The van der Waals surface area contributed by atoms with Gasteiger partial charge in [-0.05, 0) is 60.1 Å². The summed E-state index contributed by atoms with van der Waals surface area (Å²) < 4.78 is 5.40. The number of nitrogens with two attached hydrogens (primary N) is 1. The summed E-state index contributed by atoms with van der Waals surface area (Å²) >= 11 is 0. The molecule has 1 saturated heterocycles. The molecule has 7 heteroatoms. The number of carbonyl (C=O) groups excluding carboxylic acids is 2. The Morgan fingerprint density at radius 1 is 1.17 bits per heavy atom. The fourth-order valence-corrected chi connectivity index (χ4v) is 3.99. The van der Waals surface area contributed by atoms with Crippen molar-refractivity contribution in [1.29, 1.82) is 0 Å². The maximum absolute atomic E-state index is 12.2. The summed E-state index contributed by atoms with van der Waals surface area (Å²) in [5.74, 6) is 2.51. The highest BCUT2D eigenvalue weighted by atomic mass is 16.6. The molecule has 150 valence electrons. The highest BCUT2D eigenvalue weighted by Crippen LogP contribution is 2.53. The highest BCUT2D eigenvalue weighted by molar-refractivity contribution is 5.91. The van der Waals surface area contributed by atoms with Crippen LogP contribution in [0.5, 0.6) is 5.75 Å². The molecule has 4 rings (SSSR count). The molecule has 0 radical (unpaired) electrons. The summed E-state index contributed by atoms with van der Waals surface area (Å²) in [5, 5.41) is 2.92. The van der Waals surface area contributed by atoms with Gasteiger partial charge in [0.15, 0.2) is 0 Å². The zero-order chi connectivity index (χ0) is 20.2. The van der Waals surface area contributed by atoms with Crippen LogP contribution in [0.1, 0.15) is 12.0 Å². The first-order chi connectivity index (χ1) is 14.1. The third-order valence-electron chi connectivity index (χ3n) is 5.59. The van der Waals surface area contributed by atoms with E-state index in [4.69, 9.17) is 10.5 Å². The summed E-state index contributed by atoms with van der Waals surface area (Å²) in [7, 11) is 0. The number of nitrogens with zero attached hydrogens (tertiary/aromatic N) is 2. The third-order valence-corrected chi connectivity index (χ3v) is 5.59. The number of para-hydroxylation sites is 1. The summed E-state index contributed by atoms with van der Waals surface area (Å²) in [6, 6.07) is 12.6. The van der Waals surface area contributed by atoms with Crippen molar-refractivity contribution in [1.82, 2.24) is 15.2 Å². The van der Waals surface area contributed by atoms with Crippen molar-refractivity contribution in [3.8, 4) is 5.75 Å². The molecule has 2 heterocycles. The van der Waals surface area contributed by atoms with E-state index in [2.05, 4.69) is 10.3 Å². The lowest BCUT2D eigenvalue weighted by molar-refractivity contribution is -0.116. The summed E-state index contributed by atoms with van der Waals surface area (Å²) in [5.41, 5.74) is 6.37. The van der Waals surface area contributed by atoms with E-state index in [0.717, 1.165) is 25.1 Å². The van der Waals surface area contributed by atoms with Crippen LogP contribution < -0.4 is 15.8 Å². The minimum Gasteiger partial charge on any atom is -0.410 e. The van der Waals surface area contributed by atoms with Crippen LogP contribution in [0.25, 0.3) is 6.08 Å². The minimum atomic E-state index is -0.280. The maximum atomic E-state index is 12.2. The van der Waals surface area contributed by atoms with Crippen LogP contribution in [0.3, 0.4) is 0 Å². The summed E-state index contributed by atoms with van der Waals surface area (Å²) in [6.45, 7) is 2.10. The molecule has 0 spiro atoms. The van der Waals surface area contributed by atoms with Gasteiger partial charge in [-0.15, -0.1) is 0 Å². The molecule has 2 amide bonds. The second-order valence-electron chi connectivity index (χ2n) is 7.51. The first-order valence-electron chi connectivity index (χ1n) is 9.79. The van der Waals surface area contributed by atoms with Crippen molar-refractivity contribution < 1.29 is 14.3 Å². The van der Waals surface area contributed by atoms with Gasteiger partial charge in [-0.2, -0.15) is 0 Å². The van der Waals surface area contributed by atoms with Gasteiger partial charge in [0.2, 0.25) is 5.91 Å². The molecule has 1 aliphatic heterocycles. The Bertz CT molecular complexity index is 886. The third kappa shape index (κ3) is 4.74. The Morgan fingerprint density at radius 3 is 2.62 bits per heavy atom. The molecule has 0 bridgehead atoms. The number of hydrogen-bond donors (Lipinski definition) is 2. The number of ether oxygens (including phenoxy) is 1. The van der Waals surface area contributed by atoms with E-state index in [-0.39, 0.29) is 12.0 Å². The molecule has 1 aromatic heterocycles. The van der Waals surface area contributed by atoms with Crippen molar-refractivity contribution >= 4 is 23.9 Å². The fraction of sp³-hybridized carbons (Fsp3) is 0.318. The number of fused-ring (bicyclic) bond motifs is 1. The smallest absolute Gasteiger partial charge is 0.410 e. The molecular formula is C22H24N4O3. The van der Waals surface area contributed by atoms with Crippen molar-refractivity contribution in [3.05, 3.63) is 60.3 Å². The van der Waals surface area contributed by atoms with Crippen molar-refractivity contribution in [3.63, 3.8) is 0 Å². The molecule has 29 heavy (non-hydrogen) atoms. The minimum absolute atomic E-state index is 0.124. The predicted octanol–water partition coefficient (Wildman–Crippen LogP) is 2.56. The number of aromatic nitrogens is 1. The zero-order valence-electron chi connectivity index (χ0n) is 16.0. The number of anilines is 1. The first-order valence-corrected chi connectivity index (χ1v) is 9.79.